The van der Waals surface area contributed by atoms with Gasteiger partial charge in [0.2, 0.25) is 0 Å². The predicted molar refractivity (Wildman–Crippen MR) is 78.2 cm³/mol. The van der Waals surface area contributed by atoms with E-state index >= 15 is 0 Å². The van der Waals surface area contributed by atoms with Gasteiger partial charge in [-0.05, 0) is 43.6 Å². The van der Waals surface area contributed by atoms with Crippen molar-refractivity contribution in [3.05, 3.63) is 23.0 Å². The largest absolute Gasteiger partial charge is 0.388 e. The summed E-state index contributed by atoms with van der Waals surface area (Å²) in [7, 11) is 0. The molecule has 1 aromatic rings. The number of aromatic nitrogens is 1. The van der Waals surface area contributed by atoms with Crippen LogP contribution in [-0.4, -0.2) is 9.67 Å². The summed E-state index contributed by atoms with van der Waals surface area (Å²) in [6.07, 6.45) is 7.34. The van der Waals surface area contributed by atoms with Crippen molar-refractivity contribution in [2.75, 3.05) is 0 Å². The minimum atomic E-state index is -0.262. The van der Waals surface area contributed by atoms with Gasteiger partial charge in [0.25, 0.3) is 0 Å². The van der Waals surface area contributed by atoms with E-state index in [2.05, 4.69) is 31.4 Å². The van der Waals surface area contributed by atoms with E-state index in [9.17, 15) is 5.11 Å². The monoisotopic (exact) mass is 261 g/mol. The second-order valence-corrected chi connectivity index (χ2v) is 7.49. The second-order valence-electron chi connectivity index (χ2n) is 7.49. The molecule has 1 heterocycles. The Morgan fingerprint density at radius 1 is 1.37 bits per heavy atom. The van der Waals surface area contributed by atoms with E-state index in [1.807, 2.05) is 0 Å². The number of aliphatic hydroxyl groups is 1. The average molecular weight is 261 g/mol. The summed E-state index contributed by atoms with van der Waals surface area (Å²) in [6.45, 7) is 7.89. The molecule has 0 amide bonds. The maximum atomic E-state index is 10.4. The second kappa shape index (κ2) is 4.66. The third kappa shape index (κ3) is 2.47. The predicted octanol–water partition coefficient (Wildman–Crippen LogP) is 3.99. The molecule has 2 aliphatic carbocycles. The van der Waals surface area contributed by atoms with Crippen molar-refractivity contribution in [3.63, 3.8) is 0 Å². The van der Waals surface area contributed by atoms with Gasteiger partial charge in [0.05, 0.1) is 6.10 Å². The Labute approximate surface area is 116 Å². The Bertz CT molecular complexity index is 468. The summed E-state index contributed by atoms with van der Waals surface area (Å²) >= 11 is 0. The summed E-state index contributed by atoms with van der Waals surface area (Å²) in [5, 5.41) is 10.4. The summed E-state index contributed by atoms with van der Waals surface area (Å²) in [6, 6.07) is 2.22. The van der Waals surface area contributed by atoms with Crippen LogP contribution in [-0.2, 0) is 13.0 Å². The highest BCUT2D eigenvalue weighted by Gasteiger charge is 2.34. The molecule has 106 valence electrons. The van der Waals surface area contributed by atoms with E-state index in [-0.39, 0.29) is 11.5 Å². The van der Waals surface area contributed by atoms with E-state index in [4.69, 9.17) is 0 Å². The molecule has 1 aromatic heterocycles. The molecule has 2 heteroatoms. The Kier molecular flexibility index (Phi) is 3.24. The molecule has 19 heavy (non-hydrogen) atoms. The molecule has 1 saturated carbocycles. The average Bonchev–Trinajstić information content (AvgIpc) is 2.53. The SMILES string of the molecule is Cc1cc2c(n1CCC1CCC1)CC(C)(C)CC2O. The Morgan fingerprint density at radius 3 is 2.74 bits per heavy atom. The highest BCUT2D eigenvalue weighted by atomic mass is 16.3. The molecule has 3 rings (SSSR count). The summed E-state index contributed by atoms with van der Waals surface area (Å²) in [5.41, 5.74) is 4.16. The lowest BCUT2D eigenvalue weighted by Gasteiger charge is -2.34. The number of hydrogen-bond donors (Lipinski definition) is 1. The third-order valence-corrected chi connectivity index (χ3v) is 5.19. The van der Waals surface area contributed by atoms with Crippen molar-refractivity contribution < 1.29 is 5.11 Å². The van der Waals surface area contributed by atoms with Crippen LogP contribution in [0, 0.1) is 18.3 Å². The van der Waals surface area contributed by atoms with E-state index in [0.29, 0.717) is 0 Å². The van der Waals surface area contributed by atoms with Crippen molar-refractivity contribution >= 4 is 0 Å². The van der Waals surface area contributed by atoms with Crippen molar-refractivity contribution in [1.82, 2.24) is 4.57 Å². The molecule has 2 nitrogen and oxygen atoms in total. The minimum Gasteiger partial charge on any atom is -0.388 e. The third-order valence-electron chi connectivity index (χ3n) is 5.19. The Morgan fingerprint density at radius 2 is 2.11 bits per heavy atom. The quantitative estimate of drug-likeness (QED) is 0.874. The van der Waals surface area contributed by atoms with Gasteiger partial charge in [0.15, 0.2) is 0 Å². The van der Waals surface area contributed by atoms with Crippen molar-refractivity contribution in [2.45, 2.75) is 71.9 Å². The van der Waals surface area contributed by atoms with E-state index in [1.54, 1.807) is 0 Å². The van der Waals surface area contributed by atoms with Crippen molar-refractivity contribution in [2.24, 2.45) is 11.3 Å². The van der Waals surface area contributed by atoms with Crippen molar-refractivity contribution in [1.29, 1.82) is 0 Å². The first-order valence-corrected chi connectivity index (χ1v) is 7.83. The van der Waals surface area contributed by atoms with Gasteiger partial charge in [-0.25, -0.2) is 0 Å². The molecule has 0 aliphatic heterocycles. The van der Waals surface area contributed by atoms with Crippen LogP contribution in [0.2, 0.25) is 0 Å². The van der Waals surface area contributed by atoms with Crippen LogP contribution in [0.15, 0.2) is 6.07 Å². The van der Waals surface area contributed by atoms with Crippen LogP contribution >= 0.6 is 0 Å². The van der Waals surface area contributed by atoms with Crippen molar-refractivity contribution in [3.8, 4) is 0 Å². The summed E-state index contributed by atoms with van der Waals surface area (Å²) < 4.78 is 2.48. The molecule has 1 N–H and O–H groups in total. The van der Waals surface area contributed by atoms with Gasteiger partial charge in [-0.15, -0.1) is 0 Å². The van der Waals surface area contributed by atoms with Gasteiger partial charge in [-0.1, -0.05) is 33.1 Å². The highest BCUT2D eigenvalue weighted by molar-refractivity contribution is 5.33. The normalized spacial score (nSPS) is 26.0. The number of fused-ring (bicyclic) bond motifs is 1. The lowest BCUT2D eigenvalue weighted by molar-refractivity contribution is 0.0977. The van der Waals surface area contributed by atoms with Crippen LogP contribution in [0.1, 0.15) is 69.0 Å². The van der Waals surface area contributed by atoms with Crippen LogP contribution in [0.25, 0.3) is 0 Å². The van der Waals surface area contributed by atoms with Crippen LogP contribution in [0.5, 0.6) is 0 Å². The van der Waals surface area contributed by atoms with Crippen LogP contribution in [0.4, 0.5) is 0 Å². The molecule has 0 bridgehead atoms. The van der Waals surface area contributed by atoms with Gasteiger partial charge in [0, 0.05) is 23.5 Å². The first kappa shape index (κ1) is 13.2. The van der Waals surface area contributed by atoms with Gasteiger partial charge in [0.1, 0.15) is 0 Å². The fourth-order valence-electron chi connectivity index (χ4n) is 3.80. The molecule has 0 aromatic carbocycles. The number of rotatable bonds is 3. The fraction of sp³-hybridized carbons (Fsp3) is 0.765. The minimum absolute atomic E-state index is 0.228. The van der Waals surface area contributed by atoms with Gasteiger partial charge >= 0.3 is 0 Å². The smallest absolute Gasteiger partial charge is 0.0812 e. The molecule has 1 fully saturated rings. The zero-order valence-corrected chi connectivity index (χ0v) is 12.6. The molecule has 1 unspecified atom stereocenters. The lowest BCUT2D eigenvalue weighted by Crippen LogP contribution is -2.27. The van der Waals surface area contributed by atoms with Gasteiger partial charge < -0.3 is 9.67 Å². The van der Waals surface area contributed by atoms with E-state index in [0.717, 1.165) is 25.3 Å². The summed E-state index contributed by atoms with van der Waals surface area (Å²) in [4.78, 5) is 0. The molecular weight excluding hydrogens is 234 g/mol. The summed E-state index contributed by atoms with van der Waals surface area (Å²) in [5.74, 6) is 0.957. The number of nitrogens with zero attached hydrogens (tertiary/aromatic N) is 1. The lowest BCUT2D eigenvalue weighted by atomic mass is 9.75. The van der Waals surface area contributed by atoms with Crippen LogP contribution in [0.3, 0.4) is 0 Å². The number of aryl methyl sites for hydroxylation is 1. The first-order valence-electron chi connectivity index (χ1n) is 7.83. The molecular formula is C17H27NO. The maximum Gasteiger partial charge on any atom is 0.0812 e. The Hall–Kier alpha value is -0.760. The number of aliphatic hydroxyl groups excluding tert-OH is 1. The fourth-order valence-corrected chi connectivity index (χ4v) is 3.80. The zero-order chi connectivity index (χ0) is 13.6. The highest BCUT2D eigenvalue weighted by Crippen LogP contribution is 2.42. The van der Waals surface area contributed by atoms with Crippen LogP contribution < -0.4 is 0 Å². The topological polar surface area (TPSA) is 25.2 Å². The zero-order valence-electron chi connectivity index (χ0n) is 12.6. The standard InChI is InChI=1S/C17H27NO/c1-12-9-14-15(10-17(2,3)11-16(14)19)18(12)8-7-13-5-4-6-13/h9,13,16,19H,4-8,10-11H2,1-3H3. The van der Waals surface area contributed by atoms with E-state index < -0.39 is 0 Å². The molecule has 0 spiro atoms. The van der Waals surface area contributed by atoms with E-state index in [1.165, 1.54) is 42.6 Å². The number of hydrogen-bond acceptors (Lipinski definition) is 1. The van der Waals surface area contributed by atoms with Gasteiger partial charge in [-0.3, -0.25) is 0 Å². The maximum absolute atomic E-state index is 10.4. The molecule has 1 atom stereocenters. The molecule has 0 radical (unpaired) electrons. The Balaban J connectivity index is 1.83. The van der Waals surface area contributed by atoms with Gasteiger partial charge in [-0.2, -0.15) is 0 Å². The molecule has 2 aliphatic rings. The molecule has 0 saturated heterocycles. The first-order chi connectivity index (χ1) is 8.96.